The van der Waals surface area contributed by atoms with E-state index in [2.05, 4.69) is 16.9 Å². The average molecular weight is 247 g/mol. The summed E-state index contributed by atoms with van der Waals surface area (Å²) in [5, 5.41) is 1.07. The number of nitrogens with two attached hydrogens (primary N) is 1. The van der Waals surface area contributed by atoms with Gasteiger partial charge in [-0.25, -0.2) is 9.97 Å². The molecule has 3 nitrogen and oxygen atoms in total. The second kappa shape index (κ2) is 4.03. The van der Waals surface area contributed by atoms with Crippen LogP contribution in [0.5, 0.6) is 0 Å². The lowest BCUT2D eigenvalue weighted by Crippen LogP contribution is -2.40. The van der Waals surface area contributed by atoms with Crippen molar-refractivity contribution in [2.45, 2.75) is 38.1 Å². The third kappa shape index (κ3) is 1.96. The van der Waals surface area contributed by atoms with Crippen molar-refractivity contribution in [3.8, 4) is 0 Å². The monoisotopic (exact) mass is 247 g/mol. The van der Waals surface area contributed by atoms with Crippen molar-refractivity contribution >= 4 is 21.7 Å². The molecule has 0 bridgehead atoms. The molecule has 3 rings (SSSR count). The lowest BCUT2D eigenvalue weighted by Gasteiger charge is -2.34. The molecular weight excluding hydrogens is 230 g/mol. The van der Waals surface area contributed by atoms with Gasteiger partial charge in [-0.15, -0.1) is 0 Å². The molecule has 2 N–H and O–H groups in total. The minimum Gasteiger partial charge on any atom is -0.319 e. The van der Waals surface area contributed by atoms with Gasteiger partial charge in [0.25, 0.3) is 0 Å². The second-order valence-corrected chi connectivity index (χ2v) is 6.18. The van der Waals surface area contributed by atoms with Crippen LogP contribution in [0.25, 0.3) is 10.3 Å². The summed E-state index contributed by atoms with van der Waals surface area (Å²) in [6, 6.07) is 3.94. The van der Waals surface area contributed by atoms with Gasteiger partial charge in [-0.2, -0.15) is 0 Å². The zero-order valence-corrected chi connectivity index (χ0v) is 10.8. The molecule has 2 heterocycles. The van der Waals surface area contributed by atoms with Gasteiger partial charge in [0.15, 0.2) is 0 Å². The first-order chi connectivity index (χ1) is 8.17. The highest BCUT2D eigenvalue weighted by Gasteiger charge is 2.35. The van der Waals surface area contributed by atoms with Gasteiger partial charge >= 0.3 is 0 Å². The number of hydrogen-bond donors (Lipinski definition) is 1. The van der Waals surface area contributed by atoms with Crippen LogP contribution in [0.1, 0.15) is 37.6 Å². The molecule has 1 aliphatic rings. The van der Waals surface area contributed by atoms with Crippen molar-refractivity contribution in [2.24, 2.45) is 11.7 Å². The Morgan fingerprint density at radius 2 is 2.41 bits per heavy atom. The van der Waals surface area contributed by atoms with E-state index in [1.807, 2.05) is 18.3 Å². The largest absolute Gasteiger partial charge is 0.319 e. The molecule has 2 atom stereocenters. The topological polar surface area (TPSA) is 51.8 Å². The fourth-order valence-corrected chi connectivity index (χ4v) is 3.82. The van der Waals surface area contributed by atoms with Gasteiger partial charge in [0.05, 0.1) is 5.54 Å². The van der Waals surface area contributed by atoms with Gasteiger partial charge in [0.1, 0.15) is 15.4 Å². The number of nitrogens with zero attached hydrogens (tertiary/aromatic N) is 2. The summed E-state index contributed by atoms with van der Waals surface area (Å²) in [7, 11) is 0. The Balaban J connectivity index is 2.02. The van der Waals surface area contributed by atoms with E-state index in [0.717, 1.165) is 28.2 Å². The van der Waals surface area contributed by atoms with Gasteiger partial charge in [-0.3, -0.25) is 0 Å². The van der Waals surface area contributed by atoms with Gasteiger partial charge < -0.3 is 5.73 Å². The van der Waals surface area contributed by atoms with E-state index in [-0.39, 0.29) is 5.54 Å². The van der Waals surface area contributed by atoms with E-state index >= 15 is 0 Å². The minimum atomic E-state index is -0.219. The molecule has 2 aromatic rings. The number of thiazole rings is 1. The van der Waals surface area contributed by atoms with Crippen LogP contribution >= 0.6 is 11.3 Å². The summed E-state index contributed by atoms with van der Waals surface area (Å²) < 4.78 is 0. The summed E-state index contributed by atoms with van der Waals surface area (Å²) in [5.74, 6) is 0.703. The van der Waals surface area contributed by atoms with Crippen LogP contribution in [0.3, 0.4) is 0 Å². The smallest absolute Gasteiger partial charge is 0.143 e. The van der Waals surface area contributed by atoms with Crippen LogP contribution in [0, 0.1) is 5.92 Å². The Labute approximate surface area is 105 Å². The van der Waals surface area contributed by atoms with Gasteiger partial charge in [-0.05, 0) is 30.9 Å². The maximum Gasteiger partial charge on any atom is 0.143 e. The summed E-state index contributed by atoms with van der Waals surface area (Å²) in [6.45, 7) is 2.28. The first-order valence-corrected chi connectivity index (χ1v) is 7.00. The molecule has 0 saturated heterocycles. The molecule has 1 saturated carbocycles. The number of aromatic nitrogens is 2. The molecule has 2 unspecified atom stereocenters. The Morgan fingerprint density at radius 1 is 1.53 bits per heavy atom. The van der Waals surface area contributed by atoms with E-state index in [1.54, 1.807) is 11.3 Å². The lowest BCUT2D eigenvalue weighted by atomic mass is 9.77. The SMILES string of the molecule is CC1CCCC(N)(c2nc3cccnc3s2)C1. The summed E-state index contributed by atoms with van der Waals surface area (Å²) in [5.41, 5.74) is 7.32. The van der Waals surface area contributed by atoms with Crippen molar-refractivity contribution in [3.05, 3.63) is 23.3 Å². The lowest BCUT2D eigenvalue weighted by molar-refractivity contribution is 0.239. The third-order valence-corrected chi connectivity index (χ3v) is 4.82. The van der Waals surface area contributed by atoms with E-state index in [9.17, 15) is 0 Å². The van der Waals surface area contributed by atoms with E-state index < -0.39 is 0 Å². The van der Waals surface area contributed by atoms with Crippen molar-refractivity contribution in [1.82, 2.24) is 9.97 Å². The van der Waals surface area contributed by atoms with Crippen molar-refractivity contribution in [3.63, 3.8) is 0 Å². The zero-order chi connectivity index (χ0) is 11.9. The van der Waals surface area contributed by atoms with Crippen molar-refractivity contribution in [1.29, 1.82) is 0 Å². The Kier molecular flexibility index (Phi) is 2.64. The van der Waals surface area contributed by atoms with Crippen LogP contribution in [0.4, 0.5) is 0 Å². The van der Waals surface area contributed by atoms with E-state index in [4.69, 9.17) is 5.73 Å². The highest BCUT2D eigenvalue weighted by Crippen LogP contribution is 2.40. The summed E-state index contributed by atoms with van der Waals surface area (Å²) in [6.07, 6.45) is 6.42. The first kappa shape index (κ1) is 11.1. The molecule has 0 aliphatic heterocycles. The number of fused-ring (bicyclic) bond motifs is 1. The maximum atomic E-state index is 6.55. The second-order valence-electron chi connectivity index (χ2n) is 5.20. The third-order valence-electron chi connectivity index (χ3n) is 3.62. The first-order valence-electron chi connectivity index (χ1n) is 6.18. The number of rotatable bonds is 1. The highest BCUT2D eigenvalue weighted by atomic mass is 32.1. The van der Waals surface area contributed by atoms with Gasteiger partial charge in [-0.1, -0.05) is 31.1 Å². The fourth-order valence-electron chi connectivity index (χ4n) is 2.77. The Hall–Kier alpha value is -1.00. The molecule has 1 fully saturated rings. The Morgan fingerprint density at radius 3 is 3.18 bits per heavy atom. The van der Waals surface area contributed by atoms with Gasteiger partial charge in [0, 0.05) is 6.20 Å². The number of hydrogen-bond acceptors (Lipinski definition) is 4. The highest BCUT2D eigenvalue weighted by molar-refractivity contribution is 7.18. The molecule has 1 aliphatic carbocycles. The Bertz CT molecular complexity index is 503. The normalized spacial score (nSPS) is 29.6. The summed E-state index contributed by atoms with van der Waals surface area (Å²) in [4.78, 5) is 10.0. The summed E-state index contributed by atoms with van der Waals surface area (Å²) >= 11 is 1.66. The predicted octanol–water partition coefficient (Wildman–Crippen LogP) is 3.06. The molecule has 0 spiro atoms. The van der Waals surface area contributed by atoms with E-state index in [0.29, 0.717) is 5.92 Å². The van der Waals surface area contributed by atoms with E-state index in [1.165, 1.54) is 12.8 Å². The predicted molar refractivity (Wildman–Crippen MR) is 70.9 cm³/mol. The van der Waals surface area contributed by atoms with Gasteiger partial charge in [0.2, 0.25) is 0 Å². The number of pyridine rings is 1. The van der Waals surface area contributed by atoms with Crippen LogP contribution in [-0.4, -0.2) is 9.97 Å². The molecule has 2 aromatic heterocycles. The zero-order valence-electron chi connectivity index (χ0n) is 10.0. The molecule has 0 aromatic carbocycles. The molecule has 0 radical (unpaired) electrons. The molecule has 0 amide bonds. The molecular formula is C13H17N3S. The van der Waals surface area contributed by atoms with Crippen molar-refractivity contribution < 1.29 is 0 Å². The van der Waals surface area contributed by atoms with Crippen molar-refractivity contribution in [2.75, 3.05) is 0 Å². The van der Waals surface area contributed by atoms with Crippen LogP contribution in [-0.2, 0) is 5.54 Å². The minimum absolute atomic E-state index is 0.219. The van der Waals surface area contributed by atoms with Crippen LogP contribution in [0.15, 0.2) is 18.3 Å². The molecule has 90 valence electrons. The molecule has 4 heteroatoms. The van der Waals surface area contributed by atoms with Crippen LogP contribution in [0.2, 0.25) is 0 Å². The quantitative estimate of drug-likeness (QED) is 0.842. The standard InChI is InChI=1S/C13H17N3S/c1-9-4-2-6-13(14,8-9)12-16-10-5-3-7-15-11(10)17-12/h3,5,7,9H,2,4,6,8,14H2,1H3. The maximum absolute atomic E-state index is 6.55. The average Bonchev–Trinajstić information content (AvgIpc) is 2.73. The van der Waals surface area contributed by atoms with Crippen LogP contribution < -0.4 is 5.73 Å². The fraction of sp³-hybridized carbons (Fsp3) is 0.538. The molecule has 17 heavy (non-hydrogen) atoms.